The van der Waals surface area contributed by atoms with Gasteiger partial charge in [0.25, 0.3) is 11.8 Å². The van der Waals surface area contributed by atoms with Gasteiger partial charge >= 0.3 is 6.03 Å². The second-order valence-corrected chi connectivity index (χ2v) is 11.3. The van der Waals surface area contributed by atoms with Gasteiger partial charge in [-0.25, -0.2) is 9.69 Å². The van der Waals surface area contributed by atoms with Crippen molar-refractivity contribution in [3.8, 4) is 5.75 Å². The highest BCUT2D eigenvalue weighted by molar-refractivity contribution is 14.1. The first-order valence-corrected chi connectivity index (χ1v) is 14.7. The van der Waals surface area contributed by atoms with Crippen molar-refractivity contribution in [2.24, 2.45) is 0 Å². The lowest BCUT2D eigenvalue weighted by Crippen LogP contribution is -2.50. The van der Waals surface area contributed by atoms with E-state index in [1.54, 1.807) is 41.3 Å². The summed E-state index contributed by atoms with van der Waals surface area (Å²) in [6.07, 6.45) is 0. The summed E-state index contributed by atoms with van der Waals surface area (Å²) in [7, 11) is 0. The number of ether oxygens (including phenoxy) is 2. The van der Waals surface area contributed by atoms with Crippen molar-refractivity contribution in [3.05, 3.63) is 93.6 Å². The molecule has 2 aliphatic rings. The van der Waals surface area contributed by atoms with Gasteiger partial charge in [-0.1, -0.05) is 49.4 Å². The highest BCUT2D eigenvalue weighted by atomic mass is 127. The molecule has 3 aromatic carbocycles. The van der Waals surface area contributed by atoms with Crippen molar-refractivity contribution in [1.82, 2.24) is 15.1 Å². The first-order valence-electron chi connectivity index (χ1n) is 13.6. The molecule has 2 heterocycles. The van der Waals surface area contributed by atoms with E-state index >= 15 is 0 Å². The number of halogens is 1. The molecule has 10 nitrogen and oxygen atoms in total. The number of rotatable bonds is 9. The molecule has 2 N–H and O–H groups in total. The second kappa shape index (κ2) is 13.3. The maximum Gasteiger partial charge on any atom is 0.325 e. The van der Waals surface area contributed by atoms with E-state index < -0.39 is 35.8 Å². The molecule has 218 valence electrons. The third kappa shape index (κ3) is 6.73. The van der Waals surface area contributed by atoms with Crippen LogP contribution in [0.4, 0.5) is 10.5 Å². The van der Waals surface area contributed by atoms with Crippen molar-refractivity contribution in [3.63, 3.8) is 0 Å². The predicted octanol–water partition coefficient (Wildman–Crippen LogP) is 3.93. The van der Waals surface area contributed by atoms with Crippen LogP contribution in [0.25, 0.3) is 0 Å². The highest BCUT2D eigenvalue weighted by Gasteiger charge is 2.47. The van der Waals surface area contributed by atoms with E-state index in [0.29, 0.717) is 43.3 Å². The number of nitrogens with one attached hydrogen (secondary N) is 2. The van der Waals surface area contributed by atoms with Gasteiger partial charge in [0.05, 0.1) is 13.2 Å². The molecule has 11 heteroatoms. The van der Waals surface area contributed by atoms with Crippen molar-refractivity contribution >= 4 is 52.0 Å². The van der Waals surface area contributed by atoms with Crippen LogP contribution in [-0.2, 0) is 19.1 Å². The van der Waals surface area contributed by atoms with Gasteiger partial charge in [-0.2, -0.15) is 0 Å². The Balaban J connectivity index is 1.32. The number of hydrogen-bond donors (Lipinski definition) is 2. The normalized spacial score (nSPS) is 18.3. The first kappa shape index (κ1) is 29.5. The molecule has 0 aliphatic carbocycles. The zero-order chi connectivity index (χ0) is 29.6. The second-order valence-electron chi connectivity index (χ2n) is 10.1. The largest absolute Gasteiger partial charge is 0.484 e. The average molecular weight is 683 g/mol. The van der Waals surface area contributed by atoms with Crippen molar-refractivity contribution < 1.29 is 28.7 Å². The standard InChI is InChI=1S/C31H31IN4O6/c1-20(21-5-3-2-4-6-21)28(29(38)33-24-11-9-23(32)10-12-24)36-30(39)27(34-31(36)40)22-7-13-25(14-8-22)42-19-26(37)35-15-17-41-18-16-35/h2-14,20,27-28H,15-19H2,1H3,(H,33,38)(H,34,40)/t20?,27-,28?/m1/s1. The summed E-state index contributed by atoms with van der Waals surface area (Å²) in [6.45, 7) is 3.81. The summed E-state index contributed by atoms with van der Waals surface area (Å²) >= 11 is 2.18. The van der Waals surface area contributed by atoms with Crippen LogP contribution in [0.15, 0.2) is 78.9 Å². The summed E-state index contributed by atoms with van der Waals surface area (Å²) in [6, 6.07) is 20.5. The van der Waals surface area contributed by atoms with Crippen LogP contribution in [0.1, 0.15) is 30.0 Å². The van der Waals surface area contributed by atoms with Crippen LogP contribution in [0.3, 0.4) is 0 Å². The lowest BCUT2D eigenvalue weighted by Gasteiger charge is -2.30. The monoisotopic (exact) mass is 682 g/mol. The Morgan fingerprint density at radius 2 is 1.67 bits per heavy atom. The Hall–Kier alpha value is -3.97. The SMILES string of the molecule is CC(c1ccccc1)C(C(=O)Nc1ccc(I)cc1)N1C(=O)N[C@H](c2ccc(OCC(=O)N3CCOCC3)cc2)C1=O. The first-order chi connectivity index (χ1) is 20.3. The Kier molecular flexibility index (Phi) is 9.38. The Bertz CT molecular complexity index is 1430. The fraction of sp³-hybridized carbons (Fsp3) is 0.290. The van der Waals surface area contributed by atoms with Crippen molar-refractivity contribution in [2.75, 3.05) is 38.2 Å². The third-order valence-corrected chi connectivity index (χ3v) is 8.09. The maximum atomic E-state index is 13.7. The van der Waals surface area contributed by atoms with E-state index in [2.05, 4.69) is 33.2 Å². The van der Waals surface area contributed by atoms with E-state index in [1.165, 1.54) is 0 Å². The average Bonchev–Trinajstić information content (AvgIpc) is 3.31. The summed E-state index contributed by atoms with van der Waals surface area (Å²) in [5.74, 6) is -1.14. The fourth-order valence-corrected chi connectivity index (χ4v) is 5.40. The topological polar surface area (TPSA) is 117 Å². The number of amides is 5. The third-order valence-electron chi connectivity index (χ3n) is 7.37. The highest BCUT2D eigenvalue weighted by Crippen LogP contribution is 2.31. The molecule has 3 atom stereocenters. The fourth-order valence-electron chi connectivity index (χ4n) is 5.05. The van der Waals surface area contributed by atoms with E-state index in [0.717, 1.165) is 14.0 Å². The zero-order valence-electron chi connectivity index (χ0n) is 23.0. The van der Waals surface area contributed by atoms with Gasteiger partial charge in [0.15, 0.2) is 6.61 Å². The van der Waals surface area contributed by atoms with Gasteiger partial charge in [-0.3, -0.25) is 14.4 Å². The molecule has 0 saturated carbocycles. The quantitative estimate of drug-likeness (QED) is 0.261. The van der Waals surface area contributed by atoms with Crippen LogP contribution in [0.2, 0.25) is 0 Å². The number of urea groups is 1. The zero-order valence-corrected chi connectivity index (χ0v) is 25.2. The Morgan fingerprint density at radius 3 is 2.33 bits per heavy atom. The number of carbonyl (C=O) groups is 4. The van der Waals surface area contributed by atoms with Gasteiger partial charge in [0, 0.05) is 28.3 Å². The number of morpholine rings is 1. The van der Waals surface area contributed by atoms with Gasteiger partial charge in [-0.05, 0) is 70.1 Å². The molecule has 42 heavy (non-hydrogen) atoms. The summed E-state index contributed by atoms with van der Waals surface area (Å²) in [4.78, 5) is 55.8. The molecule has 0 bridgehead atoms. The minimum absolute atomic E-state index is 0.110. The summed E-state index contributed by atoms with van der Waals surface area (Å²) in [5, 5.41) is 5.61. The van der Waals surface area contributed by atoms with Gasteiger partial charge in [0.1, 0.15) is 17.8 Å². The van der Waals surface area contributed by atoms with E-state index in [1.807, 2.05) is 49.4 Å². The van der Waals surface area contributed by atoms with E-state index in [9.17, 15) is 19.2 Å². The van der Waals surface area contributed by atoms with Crippen molar-refractivity contribution in [1.29, 1.82) is 0 Å². The number of benzene rings is 3. The molecule has 3 aromatic rings. The van der Waals surface area contributed by atoms with Crippen molar-refractivity contribution in [2.45, 2.75) is 24.9 Å². The smallest absolute Gasteiger partial charge is 0.325 e. The Morgan fingerprint density at radius 1 is 1.00 bits per heavy atom. The van der Waals surface area contributed by atoms with Gasteiger partial charge in [0.2, 0.25) is 5.91 Å². The molecular weight excluding hydrogens is 651 g/mol. The predicted molar refractivity (Wildman–Crippen MR) is 164 cm³/mol. The molecular formula is C31H31IN4O6. The molecule has 2 unspecified atom stereocenters. The Labute approximate surface area is 257 Å². The van der Waals surface area contributed by atoms with E-state index in [4.69, 9.17) is 9.47 Å². The minimum Gasteiger partial charge on any atom is -0.484 e. The lowest BCUT2D eigenvalue weighted by atomic mass is 9.91. The lowest BCUT2D eigenvalue weighted by molar-refractivity contribution is -0.137. The summed E-state index contributed by atoms with van der Waals surface area (Å²) in [5.41, 5.74) is 1.92. The molecule has 5 amide bonds. The molecule has 2 fully saturated rings. The van der Waals surface area contributed by atoms with Crippen LogP contribution in [0.5, 0.6) is 5.75 Å². The van der Waals surface area contributed by atoms with Gasteiger partial charge < -0.3 is 25.0 Å². The van der Waals surface area contributed by atoms with Crippen LogP contribution in [-0.4, -0.2) is 72.5 Å². The molecule has 0 spiro atoms. The van der Waals surface area contributed by atoms with Crippen LogP contribution in [0, 0.1) is 3.57 Å². The summed E-state index contributed by atoms with van der Waals surface area (Å²) < 4.78 is 11.9. The number of imide groups is 1. The van der Waals surface area contributed by atoms with E-state index in [-0.39, 0.29) is 12.5 Å². The van der Waals surface area contributed by atoms with Crippen LogP contribution < -0.4 is 15.4 Å². The van der Waals surface area contributed by atoms with Crippen LogP contribution >= 0.6 is 22.6 Å². The molecule has 2 aliphatic heterocycles. The molecule has 2 saturated heterocycles. The number of carbonyl (C=O) groups excluding carboxylic acids is 4. The maximum absolute atomic E-state index is 13.7. The molecule has 0 radical (unpaired) electrons. The number of nitrogens with zero attached hydrogens (tertiary/aromatic N) is 2. The molecule has 5 rings (SSSR count). The number of hydrogen-bond acceptors (Lipinski definition) is 6. The minimum atomic E-state index is -1.10. The van der Waals surface area contributed by atoms with Gasteiger partial charge in [-0.15, -0.1) is 0 Å². The molecule has 0 aromatic heterocycles. The number of anilines is 1.